The number of carbonyl (C=O) groups excluding carboxylic acids is 2. The minimum absolute atomic E-state index is 0.107. The molecule has 42 heavy (non-hydrogen) atoms. The van der Waals surface area contributed by atoms with Gasteiger partial charge in [0.1, 0.15) is 6.10 Å². The summed E-state index contributed by atoms with van der Waals surface area (Å²) < 4.78 is 12.5. The normalized spacial score (nSPS) is 28.7. The van der Waals surface area contributed by atoms with Crippen molar-refractivity contribution in [3.63, 3.8) is 0 Å². The molecular weight excluding hydrogens is 528 g/mol. The fourth-order valence-electron chi connectivity index (χ4n) is 8.22. The molecule has 4 aliphatic rings. The Morgan fingerprint density at radius 3 is 2.81 bits per heavy atom. The summed E-state index contributed by atoms with van der Waals surface area (Å²) in [6.45, 7) is 13.5. The summed E-state index contributed by atoms with van der Waals surface area (Å²) in [6, 6.07) is 11.2. The Morgan fingerprint density at radius 1 is 1.29 bits per heavy atom. The summed E-state index contributed by atoms with van der Waals surface area (Å²) in [5, 5.41) is 12.8. The summed E-state index contributed by atoms with van der Waals surface area (Å²) in [6.07, 6.45) is 3.84. The Balaban J connectivity index is 1.46. The summed E-state index contributed by atoms with van der Waals surface area (Å²) in [7, 11) is 0. The van der Waals surface area contributed by atoms with Gasteiger partial charge < -0.3 is 19.5 Å². The van der Waals surface area contributed by atoms with E-state index >= 15 is 0 Å². The molecule has 7 nitrogen and oxygen atoms in total. The minimum atomic E-state index is -1.07. The van der Waals surface area contributed by atoms with E-state index in [1.54, 1.807) is 6.07 Å². The van der Waals surface area contributed by atoms with Crippen molar-refractivity contribution in [2.75, 3.05) is 19.6 Å². The van der Waals surface area contributed by atoms with E-state index in [9.17, 15) is 14.7 Å². The molecule has 2 heterocycles. The molecule has 0 radical (unpaired) electrons. The van der Waals surface area contributed by atoms with Gasteiger partial charge in [0.05, 0.1) is 17.1 Å². The van der Waals surface area contributed by atoms with Crippen molar-refractivity contribution in [3.8, 4) is 23.3 Å². The van der Waals surface area contributed by atoms with Gasteiger partial charge in [0.2, 0.25) is 0 Å². The molecule has 0 unspecified atom stereocenters. The smallest absolute Gasteiger partial charge is 0.308 e. The van der Waals surface area contributed by atoms with Gasteiger partial charge in [-0.1, -0.05) is 44.0 Å². The van der Waals surface area contributed by atoms with Gasteiger partial charge in [0.25, 0.3) is 5.91 Å². The van der Waals surface area contributed by atoms with Crippen molar-refractivity contribution in [2.45, 2.75) is 82.6 Å². The van der Waals surface area contributed by atoms with Gasteiger partial charge in [-0.2, -0.15) is 0 Å². The maximum Gasteiger partial charge on any atom is 0.308 e. The SMILES string of the molecule is C=CCN1CC[C@]23c4c5ccc(OC(C)=O)c4O[C@H]2[C@H](N(CC(C)C)C(=O)C#Cc2cccc(C)c2)CC[C@@]3(O)[C@H]1C5. The van der Waals surface area contributed by atoms with Gasteiger partial charge in [-0.15, -0.1) is 6.58 Å². The predicted octanol–water partition coefficient (Wildman–Crippen LogP) is 4.17. The molecule has 1 saturated carbocycles. The number of esters is 1. The van der Waals surface area contributed by atoms with Crippen LogP contribution in [0.3, 0.4) is 0 Å². The van der Waals surface area contributed by atoms with Crippen LogP contribution in [0.2, 0.25) is 0 Å². The first-order valence-corrected chi connectivity index (χ1v) is 15.1. The van der Waals surface area contributed by atoms with Crippen LogP contribution in [-0.2, 0) is 21.4 Å². The van der Waals surface area contributed by atoms with E-state index in [2.05, 4.69) is 37.2 Å². The largest absolute Gasteiger partial charge is 0.483 e. The molecule has 2 fully saturated rings. The number of nitrogens with zero attached hydrogens (tertiary/aromatic N) is 2. The monoisotopic (exact) mass is 568 g/mol. The minimum Gasteiger partial charge on any atom is -0.483 e. The summed E-state index contributed by atoms with van der Waals surface area (Å²) >= 11 is 0. The zero-order valence-electron chi connectivity index (χ0n) is 25.0. The van der Waals surface area contributed by atoms with E-state index in [1.807, 2.05) is 48.2 Å². The molecule has 220 valence electrons. The highest BCUT2D eigenvalue weighted by atomic mass is 16.6. The van der Waals surface area contributed by atoms with E-state index < -0.39 is 23.1 Å². The van der Waals surface area contributed by atoms with Crippen LogP contribution in [0.1, 0.15) is 62.3 Å². The molecule has 1 amide bonds. The van der Waals surface area contributed by atoms with Crippen LogP contribution in [0.5, 0.6) is 11.5 Å². The topological polar surface area (TPSA) is 79.3 Å². The maximum atomic E-state index is 13.9. The highest BCUT2D eigenvalue weighted by Crippen LogP contribution is 2.66. The number of benzene rings is 2. The molecule has 2 aliphatic carbocycles. The lowest BCUT2D eigenvalue weighted by atomic mass is 9.48. The molecule has 5 atom stereocenters. The summed E-state index contributed by atoms with van der Waals surface area (Å²) in [5.41, 5.74) is 2.14. The first-order valence-electron chi connectivity index (χ1n) is 15.1. The van der Waals surface area contributed by atoms with Crippen molar-refractivity contribution >= 4 is 11.9 Å². The number of likely N-dealkylation sites (tertiary alicyclic amines) is 1. The van der Waals surface area contributed by atoms with Crippen molar-refractivity contribution < 1.29 is 24.2 Å². The van der Waals surface area contributed by atoms with Crippen molar-refractivity contribution in [3.05, 3.63) is 71.3 Å². The zero-order chi connectivity index (χ0) is 29.8. The second-order valence-electron chi connectivity index (χ2n) is 12.8. The molecule has 2 bridgehead atoms. The second-order valence-corrected chi connectivity index (χ2v) is 12.8. The quantitative estimate of drug-likeness (QED) is 0.244. The van der Waals surface area contributed by atoms with Crippen LogP contribution >= 0.6 is 0 Å². The van der Waals surface area contributed by atoms with Crippen LogP contribution in [0.15, 0.2) is 49.1 Å². The third kappa shape index (κ3) is 4.35. The number of aryl methyl sites for hydroxylation is 1. The number of amides is 1. The first-order chi connectivity index (χ1) is 20.1. The van der Waals surface area contributed by atoms with Crippen LogP contribution in [0, 0.1) is 24.7 Å². The molecule has 2 aliphatic heterocycles. The van der Waals surface area contributed by atoms with Crippen LogP contribution in [0.25, 0.3) is 0 Å². The van der Waals surface area contributed by atoms with Gasteiger partial charge in [0.15, 0.2) is 11.5 Å². The standard InChI is InChI=1S/C35H40N2O5/c1-6-17-36-18-16-34-31-26-11-12-28(41-24(5)38)32(31)42-33(34)27(14-15-35(34,40)29(36)20-26)37(21-22(2)3)30(39)13-10-25-9-7-8-23(4)19-25/h6-9,11-12,19,22,27,29,33,40H,1,14-18,20-21H2,2-5H3/t27-,29-,33+,34+,35-/m1/s1. The van der Waals surface area contributed by atoms with Crippen LogP contribution < -0.4 is 9.47 Å². The van der Waals surface area contributed by atoms with E-state index in [-0.39, 0.29) is 23.9 Å². The fourth-order valence-corrected chi connectivity index (χ4v) is 8.22. The Morgan fingerprint density at radius 2 is 2.10 bits per heavy atom. The van der Waals surface area contributed by atoms with Gasteiger partial charge in [0, 0.05) is 43.1 Å². The van der Waals surface area contributed by atoms with Crippen molar-refractivity contribution in [1.29, 1.82) is 0 Å². The third-order valence-electron chi connectivity index (χ3n) is 9.70. The van der Waals surface area contributed by atoms with E-state index in [1.165, 1.54) is 6.92 Å². The van der Waals surface area contributed by atoms with E-state index in [0.29, 0.717) is 50.3 Å². The van der Waals surface area contributed by atoms with Gasteiger partial charge in [-0.25, -0.2) is 0 Å². The fraction of sp³-hybridized carbons (Fsp3) is 0.486. The number of ether oxygens (including phenoxy) is 2. The molecule has 1 spiro atoms. The third-order valence-corrected chi connectivity index (χ3v) is 9.70. The maximum absolute atomic E-state index is 13.9. The number of carbonyl (C=O) groups is 2. The Bertz CT molecular complexity index is 1500. The predicted molar refractivity (Wildman–Crippen MR) is 160 cm³/mol. The number of rotatable bonds is 6. The number of piperidine rings is 1. The average molecular weight is 569 g/mol. The Labute approximate surface area is 248 Å². The van der Waals surface area contributed by atoms with Crippen LogP contribution in [-0.4, -0.2) is 70.2 Å². The molecule has 1 saturated heterocycles. The number of aliphatic hydroxyl groups is 1. The molecule has 1 N–H and O–H groups in total. The molecule has 7 heteroatoms. The van der Waals surface area contributed by atoms with Crippen molar-refractivity contribution in [1.82, 2.24) is 9.80 Å². The van der Waals surface area contributed by atoms with Crippen molar-refractivity contribution in [2.24, 2.45) is 5.92 Å². The molecule has 2 aromatic rings. The Hall–Kier alpha value is -3.60. The first kappa shape index (κ1) is 28.5. The number of hydrogen-bond acceptors (Lipinski definition) is 6. The molecule has 0 aromatic heterocycles. The molecule has 2 aromatic carbocycles. The second kappa shape index (κ2) is 10.6. The summed E-state index contributed by atoms with van der Waals surface area (Å²) in [4.78, 5) is 30.2. The highest BCUT2D eigenvalue weighted by molar-refractivity contribution is 5.94. The lowest BCUT2D eigenvalue weighted by Crippen LogP contribution is -2.78. The highest BCUT2D eigenvalue weighted by Gasteiger charge is 2.73. The van der Waals surface area contributed by atoms with Crippen LogP contribution in [0.4, 0.5) is 0 Å². The van der Waals surface area contributed by atoms with Gasteiger partial charge in [-0.3, -0.25) is 14.5 Å². The zero-order valence-corrected chi connectivity index (χ0v) is 25.0. The lowest BCUT2D eigenvalue weighted by molar-refractivity contribution is -0.199. The van der Waals surface area contributed by atoms with Gasteiger partial charge in [-0.05, 0) is 74.4 Å². The Kier molecular flexibility index (Phi) is 7.19. The van der Waals surface area contributed by atoms with Gasteiger partial charge >= 0.3 is 5.97 Å². The molecular formula is C35H40N2O5. The van der Waals surface area contributed by atoms with E-state index in [0.717, 1.165) is 28.8 Å². The van der Waals surface area contributed by atoms with E-state index in [4.69, 9.17) is 9.47 Å². The molecule has 6 rings (SSSR count). The summed E-state index contributed by atoms with van der Waals surface area (Å²) in [5.74, 6) is 6.45. The lowest BCUT2D eigenvalue weighted by Gasteiger charge is -2.64. The number of hydrogen-bond donors (Lipinski definition) is 1. The average Bonchev–Trinajstić information content (AvgIpc) is 3.29.